The lowest BCUT2D eigenvalue weighted by molar-refractivity contribution is 0.0974. The average molecular weight is 451 g/mol. The third-order valence-electron chi connectivity index (χ3n) is 5.53. The number of piperazine rings is 1. The van der Waals surface area contributed by atoms with Crippen LogP contribution in [0.2, 0.25) is 0 Å². The summed E-state index contributed by atoms with van der Waals surface area (Å²) in [5.74, 6) is 0.935. The van der Waals surface area contributed by atoms with Crippen molar-refractivity contribution in [3.05, 3.63) is 53.8 Å². The maximum atomic E-state index is 13.0. The van der Waals surface area contributed by atoms with Gasteiger partial charge in [0.25, 0.3) is 0 Å². The van der Waals surface area contributed by atoms with E-state index in [0.717, 1.165) is 55.9 Å². The first-order valence-corrected chi connectivity index (χ1v) is 9.93. The molecule has 0 radical (unpaired) electrons. The van der Waals surface area contributed by atoms with Crippen molar-refractivity contribution in [2.75, 3.05) is 37.6 Å². The molecular weight excluding hydrogens is 423 g/mol. The van der Waals surface area contributed by atoms with Crippen molar-refractivity contribution in [2.24, 2.45) is 7.05 Å². The van der Waals surface area contributed by atoms with Gasteiger partial charge in [-0.3, -0.25) is 14.4 Å². The molecule has 2 aromatic carbocycles. The molecule has 0 unspecified atom stereocenters. The van der Waals surface area contributed by atoms with Gasteiger partial charge in [-0.05, 0) is 49.4 Å². The van der Waals surface area contributed by atoms with Gasteiger partial charge < -0.3 is 15.5 Å². The highest BCUT2D eigenvalue weighted by molar-refractivity contribution is 5.96. The summed E-state index contributed by atoms with van der Waals surface area (Å²) in [6.45, 7) is 4.46. The number of halogens is 2. The fourth-order valence-electron chi connectivity index (χ4n) is 3.89. The van der Waals surface area contributed by atoms with Gasteiger partial charge in [0.2, 0.25) is 0 Å². The van der Waals surface area contributed by atoms with Gasteiger partial charge in [0.15, 0.2) is 11.6 Å². The molecule has 0 bridgehead atoms. The number of aromatic hydroxyl groups is 1. The highest BCUT2D eigenvalue weighted by Crippen LogP contribution is 2.29. The molecule has 0 saturated carbocycles. The normalized spacial score (nSPS) is 14.2. The Balaban J connectivity index is 0.00000171. The van der Waals surface area contributed by atoms with Crippen LogP contribution in [0, 0.1) is 5.82 Å². The number of aryl methyl sites for hydroxylation is 1. The number of phenols is 1. The van der Waals surface area contributed by atoms with Crippen LogP contribution >= 0.6 is 12.4 Å². The summed E-state index contributed by atoms with van der Waals surface area (Å²) in [5.41, 5.74) is 1.49. The molecular formula is C22H28ClFN4O3. The Morgan fingerprint density at radius 1 is 1.10 bits per heavy atom. The molecule has 0 amide bonds. The van der Waals surface area contributed by atoms with Crippen molar-refractivity contribution in [1.29, 1.82) is 0 Å². The minimum atomic E-state index is -0.322. The summed E-state index contributed by atoms with van der Waals surface area (Å²) >= 11 is 0. The molecule has 3 N–H and O–H groups in total. The highest BCUT2D eigenvalue weighted by Gasteiger charge is 2.21. The Morgan fingerprint density at radius 3 is 2.45 bits per heavy atom. The third kappa shape index (κ3) is 5.52. The molecule has 168 valence electrons. The number of rotatable bonds is 6. The molecule has 1 aliphatic heterocycles. The fraction of sp³-hybridized carbons (Fsp3) is 0.364. The molecule has 3 aromatic rings. The summed E-state index contributed by atoms with van der Waals surface area (Å²) in [6, 6.07) is 11.1. The zero-order chi connectivity index (χ0) is 20.4. The Labute approximate surface area is 186 Å². The molecule has 0 spiro atoms. The number of fused-ring (bicyclic) bond motifs is 1. The number of benzene rings is 2. The zero-order valence-electron chi connectivity index (χ0n) is 17.4. The lowest BCUT2D eigenvalue weighted by Gasteiger charge is -2.35. The van der Waals surface area contributed by atoms with E-state index in [1.807, 2.05) is 13.1 Å². The predicted molar refractivity (Wildman–Crippen MR) is 122 cm³/mol. The van der Waals surface area contributed by atoms with Crippen molar-refractivity contribution in [3.8, 4) is 5.75 Å². The highest BCUT2D eigenvalue weighted by atomic mass is 35.5. The molecule has 4 rings (SSSR count). The molecule has 1 fully saturated rings. The van der Waals surface area contributed by atoms with Crippen molar-refractivity contribution in [1.82, 2.24) is 14.7 Å². The van der Waals surface area contributed by atoms with Crippen molar-refractivity contribution in [3.63, 3.8) is 0 Å². The van der Waals surface area contributed by atoms with E-state index in [0.29, 0.717) is 12.0 Å². The third-order valence-corrected chi connectivity index (χ3v) is 5.53. The first-order valence-electron chi connectivity index (χ1n) is 9.93. The van der Waals surface area contributed by atoms with Gasteiger partial charge in [0, 0.05) is 56.7 Å². The van der Waals surface area contributed by atoms with Gasteiger partial charge in [-0.1, -0.05) is 0 Å². The number of hydrogen-bond acceptors (Lipinski definition) is 5. The monoisotopic (exact) mass is 450 g/mol. The summed E-state index contributed by atoms with van der Waals surface area (Å²) in [7, 11) is 1.89. The SMILES string of the molecule is Cl.Cn1nc(N2CCN(CCCC(=O)c3ccc(F)cc3)CC2)c2ccc(O)cc21.O. The second-order valence-electron chi connectivity index (χ2n) is 7.51. The van der Waals surface area contributed by atoms with Crippen molar-refractivity contribution >= 4 is 34.9 Å². The van der Waals surface area contributed by atoms with Gasteiger partial charge in [0.05, 0.1) is 5.52 Å². The predicted octanol–water partition coefficient (Wildman–Crippen LogP) is 2.80. The van der Waals surface area contributed by atoms with Crippen molar-refractivity contribution < 1.29 is 19.8 Å². The number of nitrogens with zero attached hydrogens (tertiary/aromatic N) is 4. The van der Waals surface area contributed by atoms with Gasteiger partial charge in [0.1, 0.15) is 11.6 Å². The van der Waals surface area contributed by atoms with Gasteiger partial charge in [-0.2, -0.15) is 5.10 Å². The van der Waals surface area contributed by atoms with E-state index in [1.165, 1.54) is 12.1 Å². The topological polar surface area (TPSA) is 93.1 Å². The molecule has 2 heterocycles. The number of ketones is 1. The van der Waals surface area contributed by atoms with E-state index in [2.05, 4.69) is 14.9 Å². The molecule has 7 nitrogen and oxygen atoms in total. The van der Waals surface area contributed by atoms with Crippen LogP contribution in [0.15, 0.2) is 42.5 Å². The van der Waals surface area contributed by atoms with Gasteiger partial charge >= 0.3 is 0 Å². The van der Waals surface area contributed by atoms with E-state index >= 15 is 0 Å². The summed E-state index contributed by atoms with van der Waals surface area (Å²) in [4.78, 5) is 16.9. The minimum absolute atomic E-state index is 0. The van der Waals surface area contributed by atoms with Gasteiger partial charge in [-0.15, -0.1) is 12.4 Å². The largest absolute Gasteiger partial charge is 0.508 e. The second-order valence-corrected chi connectivity index (χ2v) is 7.51. The first kappa shape index (κ1) is 24.6. The van der Waals surface area contributed by atoms with Crippen LogP contribution < -0.4 is 4.90 Å². The van der Waals surface area contributed by atoms with E-state index in [9.17, 15) is 14.3 Å². The number of aromatic nitrogens is 2. The summed E-state index contributed by atoms with van der Waals surface area (Å²) < 4.78 is 14.8. The molecule has 0 aliphatic carbocycles. The number of Topliss-reactive ketones (excluding diaryl/α,β-unsaturated/α-hetero) is 1. The molecule has 9 heteroatoms. The van der Waals surface area contributed by atoms with Gasteiger partial charge in [-0.25, -0.2) is 4.39 Å². The lowest BCUT2D eigenvalue weighted by atomic mass is 10.1. The maximum absolute atomic E-state index is 13.0. The number of phenolic OH excluding ortho intramolecular Hbond substituents is 1. The van der Waals surface area contributed by atoms with Crippen LogP contribution in [-0.2, 0) is 7.05 Å². The lowest BCUT2D eigenvalue weighted by Crippen LogP contribution is -2.46. The summed E-state index contributed by atoms with van der Waals surface area (Å²) in [5, 5.41) is 15.4. The Kier molecular flexibility index (Phi) is 8.38. The number of carbonyl (C=O) groups excluding carboxylic acids is 1. The fourth-order valence-corrected chi connectivity index (χ4v) is 3.89. The van der Waals surface area contributed by atoms with Crippen LogP contribution in [0.1, 0.15) is 23.2 Å². The van der Waals surface area contributed by atoms with Crippen molar-refractivity contribution in [2.45, 2.75) is 12.8 Å². The molecule has 1 aliphatic rings. The van der Waals surface area contributed by atoms with Crippen LogP contribution in [0.5, 0.6) is 5.75 Å². The molecule has 1 saturated heterocycles. The van der Waals surface area contributed by atoms with E-state index in [4.69, 9.17) is 0 Å². The quantitative estimate of drug-likeness (QED) is 0.583. The first-order chi connectivity index (χ1) is 14.0. The minimum Gasteiger partial charge on any atom is -0.508 e. The Morgan fingerprint density at radius 2 is 1.77 bits per heavy atom. The second kappa shape index (κ2) is 10.6. The van der Waals surface area contributed by atoms with E-state index in [-0.39, 0.29) is 35.2 Å². The van der Waals surface area contributed by atoms with Crippen LogP contribution in [0.25, 0.3) is 10.9 Å². The number of hydrogen-bond donors (Lipinski definition) is 1. The molecule has 0 atom stereocenters. The van der Waals surface area contributed by atoms with Crippen LogP contribution in [0.3, 0.4) is 0 Å². The molecule has 31 heavy (non-hydrogen) atoms. The average Bonchev–Trinajstić information content (AvgIpc) is 3.05. The molecule has 1 aromatic heterocycles. The van der Waals surface area contributed by atoms with E-state index in [1.54, 1.807) is 28.9 Å². The number of anilines is 1. The van der Waals surface area contributed by atoms with Crippen LogP contribution in [0.4, 0.5) is 10.2 Å². The standard InChI is InChI=1S/C22H25FN4O2.ClH.H2O/c1-25-20-15-18(28)8-9-19(20)22(24-25)27-13-11-26(12-14-27)10-2-3-21(29)16-4-6-17(23)7-5-16;;/h4-9,15,28H,2-3,10-14H2,1H3;1H;1H2. The van der Waals surface area contributed by atoms with E-state index < -0.39 is 0 Å². The maximum Gasteiger partial charge on any atom is 0.162 e. The smallest absolute Gasteiger partial charge is 0.162 e. The number of carbonyl (C=O) groups is 1. The summed E-state index contributed by atoms with van der Waals surface area (Å²) in [6.07, 6.45) is 1.27. The van der Waals surface area contributed by atoms with Crippen LogP contribution in [-0.4, -0.2) is 63.8 Å². The zero-order valence-corrected chi connectivity index (χ0v) is 18.2. The Hall–Kier alpha value is -2.68. The Bertz CT molecular complexity index is 1020.